The first-order valence-corrected chi connectivity index (χ1v) is 7.62. The Morgan fingerprint density at radius 3 is 2.65 bits per heavy atom. The predicted molar refractivity (Wildman–Crippen MR) is 88.6 cm³/mol. The number of halogens is 1. The lowest BCUT2D eigenvalue weighted by Gasteiger charge is -2.12. The molecule has 0 aliphatic rings. The van der Waals surface area contributed by atoms with Crippen molar-refractivity contribution in [1.29, 1.82) is 0 Å². The molecular weight excluding hydrogens is 314 g/mol. The molecule has 0 heterocycles. The van der Waals surface area contributed by atoms with Gasteiger partial charge in [0.05, 0.1) is 11.1 Å². The Bertz CT molecular complexity index is 596. The first kappa shape index (κ1) is 14.9. The third-order valence-corrected chi connectivity index (χ3v) is 4.00. The first-order valence-electron chi connectivity index (χ1n) is 6.83. The molecule has 3 heteroatoms. The molecule has 0 amide bonds. The van der Waals surface area contributed by atoms with Crippen molar-refractivity contribution in [1.82, 2.24) is 0 Å². The van der Waals surface area contributed by atoms with Gasteiger partial charge < -0.3 is 10.1 Å². The van der Waals surface area contributed by atoms with Crippen molar-refractivity contribution in [2.24, 2.45) is 0 Å². The number of rotatable bonds is 5. The minimum Gasteiger partial charge on any atom is -0.493 e. The van der Waals surface area contributed by atoms with Crippen LogP contribution in [0.25, 0.3) is 0 Å². The highest BCUT2D eigenvalue weighted by Gasteiger charge is 2.04. The van der Waals surface area contributed by atoms with E-state index in [-0.39, 0.29) is 0 Å². The minimum atomic E-state index is 0.679. The normalized spacial score (nSPS) is 10.4. The fraction of sp³-hybridized carbons (Fsp3) is 0.294. The summed E-state index contributed by atoms with van der Waals surface area (Å²) in [6.45, 7) is 7.75. The van der Waals surface area contributed by atoms with Crippen LogP contribution in [0, 0.1) is 13.8 Å². The second-order valence-corrected chi connectivity index (χ2v) is 5.65. The predicted octanol–water partition coefficient (Wildman–Crippen LogP) is 5.08. The lowest BCUT2D eigenvalue weighted by molar-refractivity contribution is 0.338. The van der Waals surface area contributed by atoms with E-state index in [0.717, 1.165) is 16.8 Å². The van der Waals surface area contributed by atoms with Crippen molar-refractivity contribution < 1.29 is 4.74 Å². The smallest absolute Gasteiger partial charge is 0.133 e. The van der Waals surface area contributed by atoms with Crippen LogP contribution in [0.3, 0.4) is 0 Å². The van der Waals surface area contributed by atoms with Gasteiger partial charge in [0.1, 0.15) is 5.75 Å². The highest BCUT2D eigenvalue weighted by atomic mass is 79.9. The molecule has 0 saturated heterocycles. The molecular formula is C17H20BrNO. The second-order valence-electron chi connectivity index (χ2n) is 4.80. The summed E-state index contributed by atoms with van der Waals surface area (Å²) in [5.41, 5.74) is 5.02. The summed E-state index contributed by atoms with van der Waals surface area (Å²) in [5.74, 6) is 0.892. The summed E-state index contributed by atoms with van der Waals surface area (Å²) in [7, 11) is 0. The van der Waals surface area contributed by atoms with Gasteiger partial charge in [-0.25, -0.2) is 0 Å². The standard InChI is InChI=1S/C17H20BrNO/c1-4-20-17-9-8-14(10-15(17)18)11-19-16-7-5-6-12(2)13(16)3/h5-10,19H,4,11H2,1-3H3. The Morgan fingerprint density at radius 2 is 1.95 bits per heavy atom. The van der Waals surface area contributed by atoms with Crippen LogP contribution < -0.4 is 10.1 Å². The second kappa shape index (κ2) is 6.80. The Kier molecular flexibility index (Phi) is 5.07. The molecule has 0 spiro atoms. The maximum Gasteiger partial charge on any atom is 0.133 e. The minimum absolute atomic E-state index is 0.679. The highest BCUT2D eigenvalue weighted by molar-refractivity contribution is 9.10. The lowest BCUT2D eigenvalue weighted by atomic mass is 10.1. The van der Waals surface area contributed by atoms with E-state index in [2.05, 4.69) is 65.4 Å². The number of anilines is 1. The van der Waals surface area contributed by atoms with E-state index >= 15 is 0 Å². The molecule has 0 aromatic heterocycles. The summed E-state index contributed by atoms with van der Waals surface area (Å²) in [5, 5.41) is 3.49. The number of nitrogens with one attached hydrogen (secondary N) is 1. The summed E-state index contributed by atoms with van der Waals surface area (Å²) in [4.78, 5) is 0. The third kappa shape index (κ3) is 3.54. The summed E-state index contributed by atoms with van der Waals surface area (Å²) < 4.78 is 6.52. The van der Waals surface area contributed by atoms with E-state index < -0.39 is 0 Å². The van der Waals surface area contributed by atoms with E-state index in [1.165, 1.54) is 22.4 Å². The summed E-state index contributed by atoms with van der Waals surface area (Å²) >= 11 is 3.55. The van der Waals surface area contributed by atoms with E-state index in [4.69, 9.17) is 4.74 Å². The summed E-state index contributed by atoms with van der Waals surface area (Å²) in [6.07, 6.45) is 0. The molecule has 0 radical (unpaired) electrons. The maximum atomic E-state index is 5.52. The average molecular weight is 334 g/mol. The molecule has 0 fully saturated rings. The molecule has 0 atom stereocenters. The van der Waals surface area contributed by atoms with Crippen molar-refractivity contribution in [3.8, 4) is 5.75 Å². The fourth-order valence-electron chi connectivity index (χ4n) is 2.07. The quantitative estimate of drug-likeness (QED) is 0.824. The van der Waals surface area contributed by atoms with Gasteiger partial charge in [0.25, 0.3) is 0 Å². The molecule has 0 aliphatic heterocycles. The van der Waals surface area contributed by atoms with Crippen molar-refractivity contribution in [2.45, 2.75) is 27.3 Å². The molecule has 2 rings (SSSR count). The monoisotopic (exact) mass is 333 g/mol. The van der Waals surface area contributed by atoms with Gasteiger partial charge in [0.2, 0.25) is 0 Å². The summed E-state index contributed by atoms with van der Waals surface area (Å²) in [6, 6.07) is 12.5. The maximum absolute atomic E-state index is 5.52. The van der Waals surface area contributed by atoms with Crippen LogP contribution in [0.2, 0.25) is 0 Å². The first-order chi connectivity index (χ1) is 9.61. The molecule has 2 nitrogen and oxygen atoms in total. The van der Waals surface area contributed by atoms with Crippen molar-refractivity contribution in [2.75, 3.05) is 11.9 Å². The Labute approximate surface area is 129 Å². The van der Waals surface area contributed by atoms with Gasteiger partial charge in [-0.3, -0.25) is 0 Å². The van der Waals surface area contributed by atoms with Crippen LogP contribution in [-0.4, -0.2) is 6.61 Å². The molecule has 0 saturated carbocycles. The molecule has 0 bridgehead atoms. The average Bonchev–Trinajstić information content (AvgIpc) is 2.43. The van der Waals surface area contributed by atoms with Gasteiger partial charge in [-0.2, -0.15) is 0 Å². The van der Waals surface area contributed by atoms with E-state index in [1.54, 1.807) is 0 Å². The van der Waals surface area contributed by atoms with Crippen molar-refractivity contribution >= 4 is 21.6 Å². The molecule has 2 aromatic rings. The Hall–Kier alpha value is -1.48. The highest BCUT2D eigenvalue weighted by Crippen LogP contribution is 2.26. The van der Waals surface area contributed by atoms with Crippen LogP contribution in [0.1, 0.15) is 23.6 Å². The number of aryl methyl sites for hydroxylation is 1. The molecule has 1 N–H and O–H groups in total. The van der Waals surface area contributed by atoms with E-state index in [9.17, 15) is 0 Å². The van der Waals surface area contributed by atoms with Gasteiger partial charge in [-0.1, -0.05) is 18.2 Å². The third-order valence-electron chi connectivity index (χ3n) is 3.38. The topological polar surface area (TPSA) is 21.3 Å². The zero-order valence-corrected chi connectivity index (χ0v) is 13.8. The molecule has 0 aliphatic carbocycles. The fourth-order valence-corrected chi connectivity index (χ4v) is 2.61. The van der Waals surface area contributed by atoms with Gasteiger partial charge in [0, 0.05) is 12.2 Å². The largest absolute Gasteiger partial charge is 0.493 e. The van der Waals surface area contributed by atoms with Crippen molar-refractivity contribution in [3.63, 3.8) is 0 Å². The van der Waals surface area contributed by atoms with Crippen LogP contribution in [0.5, 0.6) is 5.75 Å². The molecule has 106 valence electrons. The van der Waals surface area contributed by atoms with Crippen molar-refractivity contribution in [3.05, 3.63) is 57.6 Å². The van der Waals surface area contributed by atoms with Gasteiger partial charge >= 0.3 is 0 Å². The van der Waals surface area contributed by atoms with Crippen LogP contribution >= 0.6 is 15.9 Å². The van der Waals surface area contributed by atoms with Gasteiger partial charge in [-0.05, 0) is 71.6 Å². The van der Waals surface area contributed by atoms with Gasteiger partial charge in [0.15, 0.2) is 0 Å². The molecule has 20 heavy (non-hydrogen) atoms. The lowest BCUT2D eigenvalue weighted by Crippen LogP contribution is -2.02. The Morgan fingerprint density at radius 1 is 1.15 bits per heavy atom. The molecule has 0 unspecified atom stereocenters. The molecule has 2 aromatic carbocycles. The Balaban J connectivity index is 2.07. The number of hydrogen-bond donors (Lipinski definition) is 1. The zero-order chi connectivity index (χ0) is 14.5. The van der Waals surface area contributed by atoms with Crippen LogP contribution in [-0.2, 0) is 6.54 Å². The number of benzene rings is 2. The van der Waals surface area contributed by atoms with E-state index in [1.807, 2.05) is 13.0 Å². The van der Waals surface area contributed by atoms with Gasteiger partial charge in [-0.15, -0.1) is 0 Å². The number of ether oxygens (including phenoxy) is 1. The zero-order valence-electron chi connectivity index (χ0n) is 12.2. The SMILES string of the molecule is CCOc1ccc(CNc2cccc(C)c2C)cc1Br. The van der Waals surface area contributed by atoms with E-state index in [0.29, 0.717) is 6.61 Å². The number of hydrogen-bond acceptors (Lipinski definition) is 2. The van der Waals surface area contributed by atoms with Crippen LogP contribution in [0.15, 0.2) is 40.9 Å². The van der Waals surface area contributed by atoms with Crippen LogP contribution in [0.4, 0.5) is 5.69 Å².